The van der Waals surface area contributed by atoms with Gasteiger partial charge in [0.1, 0.15) is 11.3 Å². The van der Waals surface area contributed by atoms with Gasteiger partial charge in [0.15, 0.2) is 0 Å². The highest BCUT2D eigenvalue weighted by molar-refractivity contribution is 5.98. The summed E-state index contributed by atoms with van der Waals surface area (Å²) in [6.45, 7) is 11.2. The summed E-state index contributed by atoms with van der Waals surface area (Å²) < 4.78 is 1.42. The summed E-state index contributed by atoms with van der Waals surface area (Å²) in [5, 5.41) is 13.5. The lowest BCUT2D eigenvalue weighted by atomic mass is 10.1. The average molecular weight is 270 g/mol. The predicted molar refractivity (Wildman–Crippen MR) is 82.4 cm³/mol. The minimum absolute atomic E-state index is 0.135. The van der Waals surface area contributed by atoms with Crippen LogP contribution < -0.4 is 0 Å². The van der Waals surface area contributed by atoms with Crippen LogP contribution in [0.15, 0.2) is 43.5 Å². The molecular formula is C16H18N2O2. The van der Waals surface area contributed by atoms with Crippen molar-refractivity contribution in [3.63, 3.8) is 0 Å². The number of carboxylic acid groups (broad SMARTS) is 1. The van der Waals surface area contributed by atoms with Crippen LogP contribution in [-0.4, -0.2) is 20.9 Å². The number of nitrogens with zero attached hydrogens (tertiary/aromatic N) is 2. The zero-order chi connectivity index (χ0) is 15.1. The van der Waals surface area contributed by atoms with Crippen LogP contribution in [-0.2, 0) is 0 Å². The lowest BCUT2D eigenvalue weighted by Gasteiger charge is -1.98. The first-order valence-electron chi connectivity index (χ1n) is 6.35. The highest BCUT2D eigenvalue weighted by Crippen LogP contribution is 2.26. The molecule has 0 bridgehead atoms. The first-order valence-corrected chi connectivity index (χ1v) is 6.35. The van der Waals surface area contributed by atoms with E-state index in [0.717, 1.165) is 5.56 Å². The standard InChI is InChI=1S/C14H12N2O2.C2H6/c1-3-11-12(14(17)18)13(15-16(11)4-2)10-8-6-5-7-9-10;1-2/h3-9H,1-2H2,(H,17,18);1-2H3. The molecule has 0 saturated heterocycles. The van der Waals surface area contributed by atoms with Crippen LogP contribution in [0.1, 0.15) is 29.9 Å². The fourth-order valence-corrected chi connectivity index (χ4v) is 1.79. The summed E-state index contributed by atoms with van der Waals surface area (Å²) in [5.74, 6) is -1.03. The van der Waals surface area contributed by atoms with Gasteiger partial charge >= 0.3 is 5.97 Å². The van der Waals surface area contributed by atoms with Crippen molar-refractivity contribution in [2.24, 2.45) is 0 Å². The molecule has 0 aliphatic heterocycles. The number of benzene rings is 1. The van der Waals surface area contributed by atoms with E-state index < -0.39 is 5.97 Å². The second-order valence-corrected chi connectivity index (χ2v) is 3.61. The summed E-state index contributed by atoms with van der Waals surface area (Å²) in [5.41, 5.74) is 1.73. The predicted octanol–water partition coefficient (Wildman–Crippen LogP) is 4.02. The maximum Gasteiger partial charge on any atom is 0.340 e. The lowest BCUT2D eigenvalue weighted by Crippen LogP contribution is -2.00. The summed E-state index contributed by atoms with van der Waals surface area (Å²) >= 11 is 0. The van der Waals surface area contributed by atoms with Gasteiger partial charge in [-0.1, -0.05) is 57.3 Å². The van der Waals surface area contributed by atoms with E-state index in [-0.39, 0.29) is 5.56 Å². The molecule has 0 aliphatic carbocycles. The zero-order valence-electron chi connectivity index (χ0n) is 11.7. The molecule has 0 aliphatic rings. The summed E-state index contributed by atoms with van der Waals surface area (Å²) in [4.78, 5) is 11.4. The minimum atomic E-state index is -1.03. The third kappa shape index (κ3) is 2.85. The number of rotatable bonds is 4. The Balaban J connectivity index is 0.000000956. The number of carboxylic acids is 1. The molecule has 1 heterocycles. The van der Waals surface area contributed by atoms with Gasteiger partial charge in [0, 0.05) is 11.8 Å². The van der Waals surface area contributed by atoms with Crippen molar-refractivity contribution >= 4 is 18.2 Å². The Morgan fingerprint density at radius 1 is 1.25 bits per heavy atom. The maximum absolute atomic E-state index is 11.4. The Labute approximate surface area is 118 Å². The second kappa shape index (κ2) is 7.09. The summed E-state index contributed by atoms with van der Waals surface area (Å²) in [6, 6.07) is 9.16. The Bertz CT molecular complexity index is 613. The molecular weight excluding hydrogens is 252 g/mol. The molecule has 0 radical (unpaired) electrons. The van der Waals surface area contributed by atoms with Gasteiger partial charge in [0.25, 0.3) is 0 Å². The normalized spacial score (nSPS) is 9.30. The highest BCUT2D eigenvalue weighted by Gasteiger charge is 2.21. The van der Waals surface area contributed by atoms with E-state index in [1.165, 1.54) is 17.0 Å². The highest BCUT2D eigenvalue weighted by atomic mass is 16.4. The van der Waals surface area contributed by atoms with Crippen LogP contribution in [0.25, 0.3) is 23.5 Å². The summed E-state index contributed by atoms with van der Waals surface area (Å²) in [7, 11) is 0. The topological polar surface area (TPSA) is 55.1 Å². The van der Waals surface area contributed by atoms with Gasteiger partial charge in [-0.25, -0.2) is 9.48 Å². The van der Waals surface area contributed by atoms with Crippen molar-refractivity contribution in [3.05, 3.63) is 54.7 Å². The molecule has 0 unspecified atom stereocenters. The Morgan fingerprint density at radius 3 is 2.30 bits per heavy atom. The van der Waals surface area contributed by atoms with Gasteiger partial charge in [0.05, 0.1) is 5.69 Å². The Hall–Kier alpha value is -2.62. The number of hydrogen-bond donors (Lipinski definition) is 1. The Morgan fingerprint density at radius 2 is 1.85 bits per heavy atom. The number of carbonyl (C=O) groups is 1. The smallest absolute Gasteiger partial charge is 0.340 e. The third-order valence-electron chi connectivity index (χ3n) is 2.57. The Kier molecular flexibility index (Phi) is 5.47. The van der Waals surface area contributed by atoms with Crippen molar-refractivity contribution in [3.8, 4) is 11.3 Å². The molecule has 2 aromatic rings. The van der Waals surface area contributed by atoms with Crippen LogP contribution in [0.2, 0.25) is 0 Å². The molecule has 1 aromatic heterocycles. The molecule has 2 rings (SSSR count). The van der Waals surface area contributed by atoms with Gasteiger partial charge < -0.3 is 5.11 Å². The largest absolute Gasteiger partial charge is 0.478 e. The average Bonchev–Trinajstić information content (AvgIpc) is 2.89. The molecule has 0 fully saturated rings. The molecule has 0 spiro atoms. The van der Waals surface area contributed by atoms with Gasteiger partial charge in [-0.2, -0.15) is 5.10 Å². The van der Waals surface area contributed by atoms with Crippen molar-refractivity contribution < 1.29 is 9.90 Å². The van der Waals surface area contributed by atoms with Crippen molar-refractivity contribution in [1.29, 1.82) is 0 Å². The molecule has 4 heteroatoms. The van der Waals surface area contributed by atoms with Gasteiger partial charge in [-0.15, -0.1) is 0 Å². The first kappa shape index (κ1) is 15.4. The van der Waals surface area contributed by atoms with Crippen LogP contribution in [0, 0.1) is 0 Å². The summed E-state index contributed by atoms with van der Waals surface area (Å²) in [6.07, 6.45) is 2.92. The van der Waals surface area contributed by atoms with E-state index in [1.54, 1.807) is 0 Å². The molecule has 20 heavy (non-hydrogen) atoms. The first-order chi connectivity index (χ1) is 9.69. The molecule has 0 amide bonds. The van der Waals surface area contributed by atoms with Crippen molar-refractivity contribution in [2.45, 2.75) is 13.8 Å². The fourth-order valence-electron chi connectivity index (χ4n) is 1.79. The molecule has 104 valence electrons. The zero-order valence-corrected chi connectivity index (χ0v) is 11.7. The molecule has 0 atom stereocenters. The number of hydrogen-bond acceptors (Lipinski definition) is 2. The number of aromatic carboxylic acids is 1. The molecule has 1 aromatic carbocycles. The maximum atomic E-state index is 11.4. The van der Waals surface area contributed by atoms with E-state index in [0.29, 0.717) is 11.4 Å². The van der Waals surface area contributed by atoms with Crippen molar-refractivity contribution in [1.82, 2.24) is 9.78 Å². The van der Waals surface area contributed by atoms with Gasteiger partial charge in [0.2, 0.25) is 0 Å². The quantitative estimate of drug-likeness (QED) is 0.913. The minimum Gasteiger partial charge on any atom is -0.478 e. The fraction of sp³-hybridized carbons (Fsp3) is 0.125. The van der Waals surface area contributed by atoms with E-state index >= 15 is 0 Å². The molecule has 0 saturated carbocycles. The van der Waals surface area contributed by atoms with E-state index in [2.05, 4.69) is 18.3 Å². The molecule has 1 N–H and O–H groups in total. The van der Waals surface area contributed by atoms with Gasteiger partial charge in [-0.3, -0.25) is 0 Å². The lowest BCUT2D eigenvalue weighted by molar-refractivity contribution is 0.0697. The van der Waals surface area contributed by atoms with Crippen LogP contribution in [0.4, 0.5) is 0 Å². The van der Waals surface area contributed by atoms with E-state index in [9.17, 15) is 9.90 Å². The van der Waals surface area contributed by atoms with E-state index in [1.807, 2.05) is 44.2 Å². The second-order valence-electron chi connectivity index (χ2n) is 3.61. The third-order valence-corrected chi connectivity index (χ3v) is 2.57. The van der Waals surface area contributed by atoms with Crippen LogP contribution in [0.3, 0.4) is 0 Å². The van der Waals surface area contributed by atoms with Crippen LogP contribution >= 0.6 is 0 Å². The SMILES string of the molecule is C=Cc1c(C(=O)O)c(-c2ccccc2)nn1C=C.CC. The van der Waals surface area contributed by atoms with E-state index in [4.69, 9.17) is 0 Å². The monoisotopic (exact) mass is 270 g/mol. The number of aromatic nitrogens is 2. The van der Waals surface area contributed by atoms with Crippen LogP contribution in [0.5, 0.6) is 0 Å². The van der Waals surface area contributed by atoms with Crippen molar-refractivity contribution in [2.75, 3.05) is 0 Å². The molecule has 4 nitrogen and oxygen atoms in total. The van der Waals surface area contributed by atoms with Gasteiger partial charge in [-0.05, 0) is 6.08 Å².